The first kappa shape index (κ1) is 17.4. The van der Waals surface area contributed by atoms with Gasteiger partial charge in [0.25, 0.3) is 0 Å². The standard InChI is InChI=1S/C18H30OS/c1-8-18(5,6)19-15-11-9-14(10-12-15)16(13-20-7)17(2,3)4/h9-12,16H,8,13H2,1-7H3. The van der Waals surface area contributed by atoms with E-state index in [1.165, 1.54) is 5.56 Å². The van der Waals surface area contributed by atoms with Crippen molar-refractivity contribution in [1.82, 2.24) is 0 Å². The number of hydrogen-bond donors (Lipinski definition) is 0. The number of thioether (sulfide) groups is 1. The van der Waals surface area contributed by atoms with Crippen molar-refractivity contribution in [2.75, 3.05) is 12.0 Å². The summed E-state index contributed by atoms with van der Waals surface area (Å²) in [5, 5.41) is 0. The largest absolute Gasteiger partial charge is 0.488 e. The van der Waals surface area contributed by atoms with Crippen LogP contribution in [0.25, 0.3) is 0 Å². The van der Waals surface area contributed by atoms with E-state index in [0.29, 0.717) is 5.92 Å². The fourth-order valence-electron chi connectivity index (χ4n) is 2.17. The van der Waals surface area contributed by atoms with Crippen LogP contribution in [-0.4, -0.2) is 17.6 Å². The Morgan fingerprint density at radius 2 is 1.60 bits per heavy atom. The van der Waals surface area contributed by atoms with E-state index >= 15 is 0 Å². The number of benzene rings is 1. The van der Waals surface area contributed by atoms with E-state index in [2.05, 4.69) is 72.1 Å². The summed E-state index contributed by atoms with van der Waals surface area (Å²) in [7, 11) is 0. The number of ether oxygens (including phenoxy) is 1. The Morgan fingerprint density at radius 3 is 2.00 bits per heavy atom. The molecule has 1 aromatic rings. The molecule has 0 heterocycles. The maximum Gasteiger partial charge on any atom is 0.120 e. The zero-order valence-corrected chi connectivity index (χ0v) is 14.9. The van der Waals surface area contributed by atoms with Gasteiger partial charge in [0.05, 0.1) is 0 Å². The van der Waals surface area contributed by atoms with E-state index in [4.69, 9.17) is 4.74 Å². The maximum atomic E-state index is 6.03. The van der Waals surface area contributed by atoms with E-state index in [0.717, 1.165) is 17.9 Å². The summed E-state index contributed by atoms with van der Waals surface area (Å²) in [5.41, 5.74) is 1.60. The monoisotopic (exact) mass is 294 g/mol. The molecule has 114 valence electrons. The van der Waals surface area contributed by atoms with Gasteiger partial charge in [0.1, 0.15) is 11.4 Å². The molecule has 1 nitrogen and oxygen atoms in total. The molecule has 1 atom stereocenters. The summed E-state index contributed by atoms with van der Waals surface area (Å²) in [6, 6.07) is 8.69. The molecule has 0 saturated carbocycles. The number of rotatable bonds is 6. The third-order valence-electron chi connectivity index (χ3n) is 3.91. The smallest absolute Gasteiger partial charge is 0.120 e. The molecule has 0 radical (unpaired) electrons. The molecule has 0 fully saturated rings. The van der Waals surface area contributed by atoms with Gasteiger partial charge in [-0.15, -0.1) is 0 Å². The fourth-order valence-corrected chi connectivity index (χ4v) is 3.20. The molecule has 0 spiro atoms. The minimum absolute atomic E-state index is 0.0930. The Labute approximate surface area is 129 Å². The molecule has 0 bridgehead atoms. The molecule has 0 saturated heterocycles. The van der Waals surface area contributed by atoms with Crippen molar-refractivity contribution in [3.63, 3.8) is 0 Å². The van der Waals surface area contributed by atoms with Gasteiger partial charge < -0.3 is 4.74 Å². The molecule has 2 heteroatoms. The van der Waals surface area contributed by atoms with E-state index < -0.39 is 0 Å². The molecule has 0 N–H and O–H groups in total. The van der Waals surface area contributed by atoms with Crippen LogP contribution in [0.5, 0.6) is 5.75 Å². The first-order valence-corrected chi connectivity index (χ1v) is 8.87. The molecule has 0 amide bonds. The lowest BCUT2D eigenvalue weighted by Crippen LogP contribution is -2.26. The molecule has 20 heavy (non-hydrogen) atoms. The van der Waals surface area contributed by atoms with Gasteiger partial charge in [-0.25, -0.2) is 0 Å². The SMILES string of the molecule is CCC(C)(C)Oc1ccc(C(CSC)C(C)(C)C)cc1. The molecule has 0 aliphatic rings. The highest BCUT2D eigenvalue weighted by molar-refractivity contribution is 7.98. The zero-order valence-electron chi connectivity index (χ0n) is 14.1. The van der Waals surface area contributed by atoms with Crippen LogP contribution in [0.15, 0.2) is 24.3 Å². The molecule has 1 aromatic carbocycles. The van der Waals surface area contributed by atoms with Gasteiger partial charge in [-0.2, -0.15) is 11.8 Å². The van der Waals surface area contributed by atoms with Crippen LogP contribution in [0.2, 0.25) is 0 Å². The predicted molar refractivity (Wildman–Crippen MR) is 92.0 cm³/mol. The Kier molecular flexibility index (Phi) is 6.00. The maximum absolute atomic E-state index is 6.03. The molecule has 0 aromatic heterocycles. The third-order valence-corrected chi connectivity index (χ3v) is 4.57. The highest BCUT2D eigenvalue weighted by Crippen LogP contribution is 2.37. The summed E-state index contributed by atoms with van der Waals surface area (Å²) in [6.07, 6.45) is 3.19. The first-order valence-electron chi connectivity index (χ1n) is 7.47. The Balaban J connectivity index is 2.89. The van der Waals surface area contributed by atoms with Gasteiger partial charge in [0.15, 0.2) is 0 Å². The van der Waals surface area contributed by atoms with Crippen LogP contribution in [0.3, 0.4) is 0 Å². The van der Waals surface area contributed by atoms with Crippen molar-refractivity contribution in [3.8, 4) is 5.75 Å². The van der Waals surface area contributed by atoms with Gasteiger partial charge in [-0.3, -0.25) is 0 Å². The van der Waals surface area contributed by atoms with Crippen LogP contribution in [0, 0.1) is 5.41 Å². The van der Waals surface area contributed by atoms with Crippen molar-refractivity contribution < 1.29 is 4.74 Å². The highest BCUT2D eigenvalue weighted by Gasteiger charge is 2.26. The van der Waals surface area contributed by atoms with Gasteiger partial charge in [-0.1, -0.05) is 39.8 Å². The van der Waals surface area contributed by atoms with Crippen molar-refractivity contribution in [2.24, 2.45) is 5.41 Å². The Bertz CT molecular complexity index is 400. The van der Waals surface area contributed by atoms with Crippen LogP contribution >= 0.6 is 11.8 Å². The van der Waals surface area contributed by atoms with Crippen LogP contribution in [0.1, 0.15) is 59.4 Å². The summed E-state index contributed by atoms with van der Waals surface area (Å²) in [4.78, 5) is 0. The van der Waals surface area contributed by atoms with Crippen LogP contribution < -0.4 is 4.74 Å². The highest BCUT2D eigenvalue weighted by atomic mass is 32.2. The van der Waals surface area contributed by atoms with Gasteiger partial charge in [0.2, 0.25) is 0 Å². The minimum atomic E-state index is -0.0930. The topological polar surface area (TPSA) is 9.23 Å². The van der Waals surface area contributed by atoms with E-state index in [1.807, 2.05) is 11.8 Å². The predicted octanol–water partition coefficient (Wildman–Crippen LogP) is 5.75. The van der Waals surface area contributed by atoms with Gasteiger partial charge in [-0.05, 0) is 55.6 Å². The summed E-state index contributed by atoms with van der Waals surface area (Å²) >= 11 is 1.92. The van der Waals surface area contributed by atoms with Crippen molar-refractivity contribution in [2.45, 2.75) is 59.5 Å². The van der Waals surface area contributed by atoms with E-state index in [9.17, 15) is 0 Å². The number of hydrogen-bond acceptors (Lipinski definition) is 2. The second-order valence-corrected chi connectivity index (χ2v) is 8.07. The molecular formula is C18H30OS. The first-order chi connectivity index (χ1) is 9.19. The quantitative estimate of drug-likeness (QED) is 0.661. The Morgan fingerprint density at radius 1 is 1.05 bits per heavy atom. The summed E-state index contributed by atoms with van der Waals surface area (Å²) in [6.45, 7) is 13.4. The lowest BCUT2D eigenvalue weighted by atomic mass is 9.78. The second kappa shape index (κ2) is 6.89. The van der Waals surface area contributed by atoms with Crippen LogP contribution in [0.4, 0.5) is 0 Å². The molecular weight excluding hydrogens is 264 g/mol. The lowest BCUT2D eigenvalue weighted by Gasteiger charge is -2.31. The zero-order chi connectivity index (χ0) is 15.4. The minimum Gasteiger partial charge on any atom is -0.488 e. The summed E-state index contributed by atoms with van der Waals surface area (Å²) in [5.74, 6) is 2.70. The normalized spacial score (nSPS) is 14.2. The fraction of sp³-hybridized carbons (Fsp3) is 0.667. The molecule has 0 aliphatic carbocycles. The van der Waals surface area contributed by atoms with E-state index in [-0.39, 0.29) is 11.0 Å². The summed E-state index contributed by atoms with van der Waals surface area (Å²) < 4.78 is 6.03. The molecule has 0 aliphatic heterocycles. The van der Waals surface area contributed by atoms with E-state index in [1.54, 1.807) is 0 Å². The second-order valence-electron chi connectivity index (χ2n) is 7.16. The van der Waals surface area contributed by atoms with Crippen molar-refractivity contribution in [1.29, 1.82) is 0 Å². The molecule has 1 unspecified atom stereocenters. The average molecular weight is 295 g/mol. The molecule has 1 rings (SSSR count). The van der Waals surface area contributed by atoms with Gasteiger partial charge >= 0.3 is 0 Å². The van der Waals surface area contributed by atoms with Crippen molar-refractivity contribution >= 4 is 11.8 Å². The Hall–Kier alpha value is -0.630. The lowest BCUT2D eigenvalue weighted by molar-refractivity contribution is 0.105. The van der Waals surface area contributed by atoms with Crippen LogP contribution in [-0.2, 0) is 0 Å². The third kappa shape index (κ3) is 5.05. The van der Waals surface area contributed by atoms with Gasteiger partial charge in [0, 0.05) is 5.75 Å². The van der Waals surface area contributed by atoms with Crippen molar-refractivity contribution in [3.05, 3.63) is 29.8 Å². The average Bonchev–Trinajstić information content (AvgIpc) is 2.35.